The second kappa shape index (κ2) is 6.22. The van der Waals surface area contributed by atoms with E-state index in [1.165, 1.54) is 5.56 Å². The third-order valence-corrected chi connectivity index (χ3v) is 3.35. The zero-order chi connectivity index (χ0) is 15.4. The van der Waals surface area contributed by atoms with Gasteiger partial charge in [-0.05, 0) is 24.6 Å². The Kier molecular flexibility index (Phi) is 3.96. The zero-order valence-electron chi connectivity index (χ0n) is 12.2. The molecular formula is C17H16N4O. The summed E-state index contributed by atoms with van der Waals surface area (Å²) in [5.41, 5.74) is 2.81. The van der Waals surface area contributed by atoms with Crippen molar-refractivity contribution in [2.45, 2.75) is 13.5 Å². The van der Waals surface area contributed by atoms with E-state index in [1.54, 1.807) is 41.6 Å². The molecule has 0 unspecified atom stereocenters. The van der Waals surface area contributed by atoms with Gasteiger partial charge in [0.1, 0.15) is 12.1 Å². The molecule has 0 saturated carbocycles. The molecule has 3 rings (SSSR count). The number of nitrogens with zero attached hydrogens (tertiary/aromatic N) is 3. The van der Waals surface area contributed by atoms with Gasteiger partial charge in [-0.1, -0.05) is 29.8 Å². The minimum absolute atomic E-state index is 0.134. The second-order valence-corrected chi connectivity index (χ2v) is 5.04. The average Bonchev–Trinajstić information content (AvgIpc) is 3.09. The standard InChI is InChI=1S/C17H16N4O/c1-13-2-4-14(5-3-13)10-20-17(22)15-6-7-16(19-11-15)21-9-8-18-12-21/h2-9,11-12H,10H2,1H3,(H,20,22). The Labute approximate surface area is 128 Å². The van der Waals surface area contributed by atoms with Gasteiger partial charge in [0, 0.05) is 25.1 Å². The van der Waals surface area contributed by atoms with Gasteiger partial charge in [0.05, 0.1) is 5.56 Å². The van der Waals surface area contributed by atoms with Crippen LogP contribution in [0.15, 0.2) is 61.3 Å². The van der Waals surface area contributed by atoms with Crippen LogP contribution < -0.4 is 5.32 Å². The van der Waals surface area contributed by atoms with E-state index in [4.69, 9.17) is 0 Å². The van der Waals surface area contributed by atoms with E-state index in [1.807, 2.05) is 31.2 Å². The van der Waals surface area contributed by atoms with E-state index in [9.17, 15) is 4.79 Å². The minimum Gasteiger partial charge on any atom is -0.348 e. The number of pyridine rings is 1. The van der Waals surface area contributed by atoms with Crippen molar-refractivity contribution in [1.82, 2.24) is 19.9 Å². The highest BCUT2D eigenvalue weighted by Crippen LogP contribution is 2.06. The van der Waals surface area contributed by atoms with Crippen LogP contribution >= 0.6 is 0 Å². The quantitative estimate of drug-likeness (QED) is 0.803. The number of carbonyl (C=O) groups excluding carboxylic acids is 1. The van der Waals surface area contributed by atoms with Gasteiger partial charge in [0.15, 0.2) is 0 Å². The Balaban J connectivity index is 1.63. The van der Waals surface area contributed by atoms with Crippen LogP contribution in [-0.2, 0) is 6.54 Å². The van der Waals surface area contributed by atoms with E-state index < -0.39 is 0 Å². The summed E-state index contributed by atoms with van der Waals surface area (Å²) < 4.78 is 1.79. The van der Waals surface area contributed by atoms with Crippen molar-refractivity contribution in [1.29, 1.82) is 0 Å². The van der Waals surface area contributed by atoms with Crippen LogP contribution in [0.1, 0.15) is 21.5 Å². The van der Waals surface area contributed by atoms with Crippen LogP contribution in [0.25, 0.3) is 5.82 Å². The molecule has 0 fully saturated rings. The van der Waals surface area contributed by atoms with Crippen molar-refractivity contribution in [2.24, 2.45) is 0 Å². The van der Waals surface area contributed by atoms with Gasteiger partial charge >= 0.3 is 0 Å². The molecule has 110 valence electrons. The van der Waals surface area contributed by atoms with Crippen LogP contribution in [0.2, 0.25) is 0 Å². The first-order valence-electron chi connectivity index (χ1n) is 7.00. The maximum atomic E-state index is 12.1. The van der Waals surface area contributed by atoms with Gasteiger partial charge in [-0.25, -0.2) is 9.97 Å². The fourth-order valence-corrected chi connectivity index (χ4v) is 2.06. The third kappa shape index (κ3) is 3.20. The highest BCUT2D eigenvalue weighted by atomic mass is 16.1. The topological polar surface area (TPSA) is 59.8 Å². The third-order valence-electron chi connectivity index (χ3n) is 3.35. The van der Waals surface area contributed by atoms with E-state index in [0.717, 1.165) is 11.4 Å². The van der Waals surface area contributed by atoms with Gasteiger partial charge in [0.2, 0.25) is 0 Å². The van der Waals surface area contributed by atoms with E-state index in [-0.39, 0.29) is 5.91 Å². The lowest BCUT2D eigenvalue weighted by Crippen LogP contribution is -2.23. The summed E-state index contributed by atoms with van der Waals surface area (Å²) in [5, 5.41) is 2.89. The molecule has 1 aromatic carbocycles. The molecular weight excluding hydrogens is 276 g/mol. The molecule has 0 atom stereocenters. The van der Waals surface area contributed by atoms with Crippen molar-refractivity contribution in [3.63, 3.8) is 0 Å². The molecule has 0 saturated heterocycles. The summed E-state index contributed by atoms with van der Waals surface area (Å²) in [7, 11) is 0. The van der Waals surface area contributed by atoms with E-state index >= 15 is 0 Å². The molecule has 0 aliphatic carbocycles. The fourth-order valence-electron chi connectivity index (χ4n) is 2.06. The Hall–Kier alpha value is -2.95. The summed E-state index contributed by atoms with van der Waals surface area (Å²) in [6, 6.07) is 11.6. The Morgan fingerprint density at radius 3 is 2.64 bits per heavy atom. The summed E-state index contributed by atoms with van der Waals surface area (Å²) >= 11 is 0. The van der Waals surface area contributed by atoms with Crippen LogP contribution in [-0.4, -0.2) is 20.4 Å². The molecule has 5 heteroatoms. The fraction of sp³-hybridized carbons (Fsp3) is 0.118. The molecule has 0 spiro atoms. The van der Waals surface area contributed by atoms with Gasteiger partial charge in [0.25, 0.3) is 5.91 Å². The largest absolute Gasteiger partial charge is 0.348 e. The first-order valence-corrected chi connectivity index (χ1v) is 7.00. The van der Waals surface area contributed by atoms with Gasteiger partial charge in [-0.2, -0.15) is 0 Å². The van der Waals surface area contributed by atoms with Crippen molar-refractivity contribution in [2.75, 3.05) is 0 Å². The Morgan fingerprint density at radius 2 is 2.00 bits per heavy atom. The molecule has 0 radical (unpaired) electrons. The number of imidazole rings is 1. The van der Waals surface area contributed by atoms with Crippen molar-refractivity contribution < 1.29 is 4.79 Å². The van der Waals surface area contributed by atoms with Crippen molar-refractivity contribution >= 4 is 5.91 Å². The first-order chi connectivity index (χ1) is 10.7. The van der Waals surface area contributed by atoms with Gasteiger partial charge < -0.3 is 5.32 Å². The van der Waals surface area contributed by atoms with Crippen LogP contribution in [0, 0.1) is 6.92 Å². The molecule has 1 amide bonds. The smallest absolute Gasteiger partial charge is 0.253 e. The molecule has 0 bridgehead atoms. The Bertz CT molecular complexity index is 746. The number of aryl methyl sites for hydroxylation is 1. The number of hydrogen-bond acceptors (Lipinski definition) is 3. The van der Waals surface area contributed by atoms with Crippen LogP contribution in [0.5, 0.6) is 0 Å². The first kappa shape index (κ1) is 14.0. The van der Waals surface area contributed by atoms with Crippen molar-refractivity contribution in [3.05, 3.63) is 78.0 Å². The number of aromatic nitrogens is 3. The SMILES string of the molecule is Cc1ccc(CNC(=O)c2ccc(-n3ccnc3)nc2)cc1. The van der Waals surface area contributed by atoms with E-state index in [0.29, 0.717) is 12.1 Å². The lowest BCUT2D eigenvalue weighted by Gasteiger charge is -2.06. The molecule has 1 N–H and O–H groups in total. The zero-order valence-corrected chi connectivity index (χ0v) is 12.2. The van der Waals surface area contributed by atoms with Gasteiger partial charge in [-0.15, -0.1) is 0 Å². The lowest BCUT2D eigenvalue weighted by molar-refractivity contribution is 0.0950. The van der Waals surface area contributed by atoms with Crippen LogP contribution in [0.4, 0.5) is 0 Å². The second-order valence-electron chi connectivity index (χ2n) is 5.04. The summed E-state index contributed by atoms with van der Waals surface area (Å²) in [6.07, 6.45) is 6.72. The summed E-state index contributed by atoms with van der Waals surface area (Å²) in [5.74, 6) is 0.595. The minimum atomic E-state index is -0.134. The van der Waals surface area contributed by atoms with Gasteiger partial charge in [-0.3, -0.25) is 9.36 Å². The Morgan fingerprint density at radius 1 is 1.18 bits per heavy atom. The number of nitrogens with one attached hydrogen (secondary N) is 1. The molecule has 5 nitrogen and oxygen atoms in total. The van der Waals surface area contributed by atoms with Crippen molar-refractivity contribution in [3.8, 4) is 5.82 Å². The number of amides is 1. The molecule has 0 aliphatic heterocycles. The summed E-state index contributed by atoms with van der Waals surface area (Å²) in [4.78, 5) is 20.4. The normalized spacial score (nSPS) is 10.4. The maximum absolute atomic E-state index is 12.1. The predicted molar refractivity (Wildman–Crippen MR) is 83.7 cm³/mol. The highest BCUT2D eigenvalue weighted by Gasteiger charge is 2.06. The average molecular weight is 292 g/mol. The number of carbonyl (C=O) groups is 1. The molecule has 2 aromatic heterocycles. The molecule has 3 aromatic rings. The molecule has 2 heterocycles. The predicted octanol–water partition coefficient (Wildman–Crippen LogP) is 2.51. The molecule has 0 aliphatic rings. The lowest BCUT2D eigenvalue weighted by atomic mass is 10.1. The maximum Gasteiger partial charge on any atom is 0.253 e. The van der Waals surface area contributed by atoms with Crippen LogP contribution in [0.3, 0.4) is 0 Å². The van der Waals surface area contributed by atoms with E-state index in [2.05, 4.69) is 15.3 Å². The monoisotopic (exact) mass is 292 g/mol. The summed E-state index contributed by atoms with van der Waals surface area (Å²) in [6.45, 7) is 2.54. The highest BCUT2D eigenvalue weighted by molar-refractivity contribution is 5.93. The number of hydrogen-bond donors (Lipinski definition) is 1. The number of rotatable bonds is 4. The number of benzene rings is 1. The molecule has 22 heavy (non-hydrogen) atoms.